The Morgan fingerprint density at radius 2 is 2.05 bits per heavy atom. The summed E-state index contributed by atoms with van der Waals surface area (Å²) < 4.78 is 10.8. The zero-order valence-corrected chi connectivity index (χ0v) is 12.4. The molecular weight excluding hydrogens is 270 g/mol. The van der Waals surface area contributed by atoms with Gasteiger partial charge in [0.2, 0.25) is 0 Å². The Balaban J connectivity index is 1.98. The molecule has 5 heteroatoms. The van der Waals surface area contributed by atoms with Gasteiger partial charge >= 0.3 is 5.97 Å². The van der Waals surface area contributed by atoms with Gasteiger partial charge in [0.15, 0.2) is 18.1 Å². The highest BCUT2D eigenvalue weighted by atomic mass is 16.5. The summed E-state index contributed by atoms with van der Waals surface area (Å²) in [5.41, 5.74) is 1.12. The summed E-state index contributed by atoms with van der Waals surface area (Å²) >= 11 is 0. The van der Waals surface area contributed by atoms with Crippen LogP contribution in [0, 0.1) is 0 Å². The standard InChI is InChI=1S/C16H23NO4/c1-2-20-15-9-12(10-17-13-5-3-4-6-13)7-8-14(15)21-11-16(18)19/h7-9,13,17H,2-6,10-11H2,1H3,(H,18,19). The summed E-state index contributed by atoms with van der Waals surface area (Å²) in [5.74, 6) is 0.0813. The van der Waals surface area contributed by atoms with Crippen LogP contribution in [0.15, 0.2) is 18.2 Å². The van der Waals surface area contributed by atoms with Crippen LogP contribution in [0.5, 0.6) is 11.5 Å². The second-order valence-corrected chi connectivity index (χ2v) is 5.26. The van der Waals surface area contributed by atoms with E-state index >= 15 is 0 Å². The number of benzene rings is 1. The third-order valence-electron chi connectivity index (χ3n) is 3.61. The lowest BCUT2D eigenvalue weighted by Crippen LogP contribution is -2.25. The first-order valence-electron chi connectivity index (χ1n) is 7.52. The number of aliphatic carboxylic acids is 1. The van der Waals surface area contributed by atoms with Crippen molar-refractivity contribution in [2.45, 2.75) is 45.2 Å². The molecule has 0 heterocycles. The third kappa shape index (κ3) is 4.93. The van der Waals surface area contributed by atoms with E-state index in [1.807, 2.05) is 19.1 Å². The fraction of sp³-hybridized carbons (Fsp3) is 0.562. The van der Waals surface area contributed by atoms with Crippen LogP contribution < -0.4 is 14.8 Å². The fourth-order valence-electron chi connectivity index (χ4n) is 2.58. The van der Waals surface area contributed by atoms with Crippen LogP contribution in [-0.2, 0) is 11.3 Å². The number of hydrogen-bond acceptors (Lipinski definition) is 4. The number of rotatable bonds is 8. The molecule has 0 unspecified atom stereocenters. The molecule has 0 bridgehead atoms. The number of carboxylic acid groups (broad SMARTS) is 1. The van der Waals surface area contributed by atoms with Crippen molar-refractivity contribution < 1.29 is 19.4 Å². The van der Waals surface area contributed by atoms with Crippen molar-refractivity contribution >= 4 is 5.97 Å². The summed E-state index contributed by atoms with van der Waals surface area (Å²) in [7, 11) is 0. The quantitative estimate of drug-likeness (QED) is 0.771. The Labute approximate surface area is 125 Å². The highest BCUT2D eigenvalue weighted by Gasteiger charge is 2.14. The van der Waals surface area contributed by atoms with Crippen molar-refractivity contribution in [3.63, 3.8) is 0 Å². The third-order valence-corrected chi connectivity index (χ3v) is 3.61. The van der Waals surface area contributed by atoms with Crippen molar-refractivity contribution in [2.75, 3.05) is 13.2 Å². The van der Waals surface area contributed by atoms with Gasteiger partial charge < -0.3 is 19.9 Å². The van der Waals surface area contributed by atoms with Gasteiger partial charge in [-0.25, -0.2) is 4.79 Å². The van der Waals surface area contributed by atoms with Crippen LogP contribution >= 0.6 is 0 Å². The first kappa shape index (κ1) is 15.6. The summed E-state index contributed by atoms with van der Waals surface area (Å²) in [6.07, 6.45) is 5.11. The van der Waals surface area contributed by atoms with Gasteiger partial charge in [-0.3, -0.25) is 0 Å². The van der Waals surface area contributed by atoms with E-state index in [1.54, 1.807) is 6.07 Å². The zero-order valence-electron chi connectivity index (χ0n) is 12.4. The molecule has 1 saturated carbocycles. The highest BCUT2D eigenvalue weighted by molar-refractivity contribution is 5.68. The van der Waals surface area contributed by atoms with Crippen molar-refractivity contribution in [2.24, 2.45) is 0 Å². The van der Waals surface area contributed by atoms with Crippen molar-refractivity contribution in [3.05, 3.63) is 23.8 Å². The second-order valence-electron chi connectivity index (χ2n) is 5.26. The zero-order chi connectivity index (χ0) is 15.1. The number of ether oxygens (including phenoxy) is 2. The first-order valence-corrected chi connectivity index (χ1v) is 7.52. The van der Waals surface area contributed by atoms with Crippen molar-refractivity contribution in [1.29, 1.82) is 0 Å². The monoisotopic (exact) mass is 293 g/mol. The number of hydrogen-bond donors (Lipinski definition) is 2. The van der Waals surface area contributed by atoms with Gasteiger partial charge in [0.1, 0.15) is 0 Å². The maximum atomic E-state index is 10.6. The van der Waals surface area contributed by atoms with Gasteiger partial charge in [0, 0.05) is 12.6 Å². The lowest BCUT2D eigenvalue weighted by molar-refractivity contribution is -0.139. The average molecular weight is 293 g/mol. The summed E-state index contributed by atoms with van der Waals surface area (Å²) in [4.78, 5) is 10.6. The van der Waals surface area contributed by atoms with E-state index in [2.05, 4.69) is 5.32 Å². The predicted octanol–water partition coefficient (Wildman–Crippen LogP) is 2.58. The summed E-state index contributed by atoms with van der Waals surface area (Å²) in [6.45, 7) is 2.84. The molecule has 0 spiro atoms. The van der Waals surface area contributed by atoms with Gasteiger partial charge in [0.25, 0.3) is 0 Å². The van der Waals surface area contributed by atoms with Crippen LogP contribution in [0.2, 0.25) is 0 Å². The maximum absolute atomic E-state index is 10.6. The molecule has 0 amide bonds. The van der Waals surface area contributed by atoms with Crippen molar-refractivity contribution in [1.82, 2.24) is 5.32 Å². The molecule has 1 aromatic rings. The highest BCUT2D eigenvalue weighted by Crippen LogP contribution is 2.29. The minimum absolute atomic E-state index is 0.361. The molecule has 0 radical (unpaired) electrons. The molecule has 0 saturated heterocycles. The Hall–Kier alpha value is -1.75. The van der Waals surface area contributed by atoms with E-state index in [0.717, 1.165) is 12.1 Å². The Kier molecular flexibility index (Phi) is 5.87. The number of carbonyl (C=O) groups is 1. The van der Waals surface area contributed by atoms with E-state index in [1.165, 1.54) is 25.7 Å². The normalized spacial score (nSPS) is 15.1. The molecule has 0 aromatic heterocycles. The molecule has 5 nitrogen and oxygen atoms in total. The second kappa shape index (κ2) is 7.88. The largest absolute Gasteiger partial charge is 0.490 e. The average Bonchev–Trinajstić information content (AvgIpc) is 2.97. The predicted molar refractivity (Wildman–Crippen MR) is 79.8 cm³/mol. The van der Waals surface area contributed by atoms with Gasteiger partial charge in [0.05, 0.1) is 6.61 Å². The van der Waals surface area contributed by atoms with Crippen LogP contribution in [0.25, 0.3) is 0 Å². The van der Waals surface area contributed by atoms with E-state index in [4.69, 9.17) is 14.6 Å². The molecule has 116 valence electrons. The Bertz CT molecular complexity index is 469. The fourth-order valence-corrected chi connectivity index (χ4v) is 2.58. The van der Waals surface area contributed by atoms with Gasteiger partial charge in [-0.15, -0.1) is 0 Å². The molecule has 2 N–H and O–H groups in total. The lowest BCUT2D eigenvalue weighted by atomic mass is 10.1. The van der Waals surface area contributed by atoms with E-state index in [-0.39, 0.29) is 6.61 Å². The van der Waals surface area contributed by atoms with E-state index in [9.17, 15) is 4.79 Å². The molecule has 1 aliphatic rings. The molecule has 1 fully saturated rings. The maximum Gasteiger partial charge on any atom is 0.341 e. The van der Waals surface area contributed by atoms with Gasteiger partial charge in [-0.05, 0) is 37.5 Å². The molecule has 1 aromatic carbocycles. The van der Waals surface area contributed by atoms with Crippen LogP contribution in [0.1, 0.15) is 38.2 Å². The van der Waals surface area contributed by atoms with Crippen LogP contribution in [-0.4, -0.2) is 30.3 Å². The Morgan fingerprint density at radius 1 is 1.29 bits per heavy atom. The number of nitrogens with one attached hydrogen (secondary N) is 1. The van der Waals surface area contributed by atoms with E-state index < -0.39 is 5.97 Å². The summed E-state index contributed by atoms with van der Waals surface area (Å²) in [5, 5.41) is 12.2. The van der Waals surface area contributed by atoms with Crippen LogP contribution in [0.4, 0.5) is 0 Å². The topological polar surface area (TPSA) is 67.8 Å². The summed E-state index contributed by atoms with van der Waals surface area (Å²) in [6, 6.07) is 6.26. The minimum Gasteiger partial charge on any atom is -0.490 e. The molecule has 1 aliphatic carbocycles. The molecular formula is C16H23NO4. The molecule has 21 heavy (non-hydrogen) atoms. The van der Waals surface area contributed by atoms with Gasteiger partial charge in [-0.2, -0.15) is 0 Å². The minimum atomic E-state index is -0.996. The smallest absolute Gasteiger partial charge is 0.341 e. The van der Waals surface area contributed by atoms with Crippen molar-refractivity contribution in [3.8, 4) is 11.5 Å². The molecule has 2 rings (SSSR count). The lowest BCUT2D eigenvalue weighted by Gasteiger charge is -2.15. The van der Waals surface area contributed by atoms with E-state index in [0.29, 0.717) is 24.1 Å². The SMILES string of the molecule is CCOc1cc(CNC2CCCC2)ccc1OCC(=O)O. The van der Waals surface area contributed by atoms with Crippen LogP contribution in [0.3, 0.4) is 0 Å². The molecule has 0 aliphatic heterocycles. The first-order chi connectivity index (χ1) is 10.2. The van der Waals surface area contributed by atoms with Gasteiger partial charge in [-0.1, -0.05) is 18.9 Å². The molecule has 0 atom stereocenters. The number of carboxylic acids is 1. The Morgan fingerprint density at radius 3 is 2.71 bits per heavy atom.